The van der Waals surface area contributed by atoms with Gasteiger partial charge in [0.25, 0.3) is 0 Å². The molecule has 0 aliphatic carbocycles. The third-order valence-electron chi connectivity index (χ3n) is 3.29. The third-order valence-corrected chi connectivity index (χ3v) is 4.04. The Morgan fingerprint density at radius 3 is 2.62 bits per heavy atom. The van der Waals surface area contributed by atoms with Crippen molar-refractivity contribution in [2.45, 2.75) is 13.0 Å². The molecule has 0 amide bonds. The highest BCUT2D eigenvalue weighted by Crippen LogP contribution is 2.41. The van der Waals surface area contributed by atoms with E-state index < -0.39 is 0 Å². The van der Waals surface area contributed by atoms with Gasteiger partial charge in [0.2, 0.25) is 0 Å². The minimum absolute atomic E-state index is 0.0147. The minimum Gasteiger partial charge on any atom is -0.495 e. The van der Waals surface area contributed by atoms with Crippen molar-refractivity contribution in [1.29, 1.82) is 0 Å². The molecule has 2 aromatic rings. The van der Waals surface area contributed by atoms with E-state index in [1.165, 1.54) is 0 Å². The van der Waals surface area contributed by atoms with Crippen molar-refractivity contribution in [1.82, 2.24) is 15.1 Å². The van der Waals surface area contributed by atoms with Gasteiger partial charge in [-0.3, -0.25) is 4.68 Å². The summed E-state index contributed by atoms with van der Waals surface area (Å²) >= 11 is 3.55. The smallest absolute Gasteiger partial charge is 0.141 e. The Balaban J connectivity index is 2.52. The Kier molecular flexibility index (Phi) is 5.25. The Bertz CT molecular complexity index is 613. The average molecular weight is 354 g/mol. The van der Waals surface area contributed by atoms with Gasteiger partial charge in [-0.2, -0.15) is 5.10 Å². The fourth-order valence-corrected chi connectivity index (χ4v) is 3.03. The van der Waals surface area contributed by atoms with Crippen LogP contribution in [-0.4, -0.2) is 30.5 Å². The fourth-order valence-electron chi connectivity index (χ4n) is 2.35. The molecule has 1 atom stereocenters. The largest absolute Gasteiger partial charge is 0.495 e. The molecule has 0 spiro atoms. The summed E-state index contributed by atoms with van der Waals surface area (Å²) in [6.45, 7) is 2.92. The van der Waals surface area contributed by atoms with Gasteiger partial charge in [-0.15, -0.1) is 0 Å². The van der Waals surface area contributed by atoms with E-state index >= 15 is 0 Å². The molecule has 0 radical (unpaired) electrons. The fraction of sp³-hybridized carbons (Fsp3) is 0.400. The van der Waals surface area contributed by atoms with Crippen LogP contribution in [0.3, 0.4) is 0 Å². The second kappa shape index (κ2) is 6.95. The standard InChI is InChI=1S/C15H20BrN3O2/c1-5-17-14(10-8-18-19(2)9-10)11-6-7-12(20-3)13(16)15(11)21-4/h6-9,14,17H,5H2,1-4H3. The van der Waals surface area contributed by atoms with Crippen LogP contribution < -0.4 is 14.8 Å². The molecule has 6 heteroatoms. The maximum Gasteiger partial charge on any atom is 0.141 e. The number of hydrogen-bond acceptors (Lipinski definition) is 4. The number of nitrogens with zero attached hydrogens (tertiary/aromatic N) is 2. The topological polar surface area (TPSA) is 48.3 Å². The maximum atomic E-state index is 5.58. The first-order valence-electron chi connectivity index (χ1n) is 6.74. The molecule has 0 aliphatic heterocycles. The average Bonchev–Trinajstić information content (AvgIpc) is 2.91. The summed E-state index contributed by atoms with van der Waals surface area (Å²) in [5, 5.41) is 7.73. The van der Waals surface area contributed by atoms with Crippen molar-refractivity contribution < 1.29 is 9.47 Å². The molecule has 1 N–H and O–H groups in total. The van der Waals surface area contributed by atoms with Crippen molar-refractivity contribution >= 4 is 15.9 Å². The zero-order valence-corrected chi connectivity index (χ0v) is 14.3. The first kappa shape index (κ1) is 15.9. The van der Waals surface area contributed by atoms with Crippen LogP contribution in [0.1, 0.15) is 24.1 Å². The third kappa shape index (κ3) is 3.22. The summed E-state index contributed by atoms with van der Waals surface area (Å²) in [5.41, 5.74) is 2.13. The highest BCUT2D eigenvalue weighted by molar-refractivity contribution is 9.10. The van der Waals surface area contributed by atoms with Crippen LogP contribution in [0.15, 0.2) is 29.0 Å². The summed E-state index contributed by atoms with van der Waals surface area (Å²) in [6.07, 6.45) is 3.87. The van der Waals surface area contributed by atoms with E-state index in [0.717, 1.165) is 33.6 Å². The maximum absolute atomic E-state index is 5.58. The second-order valence-electron chi connectivity index (χ2n) is 4.64. The Labute approximate surface area is 133 Å². The monoisotopic (exact) mass is 353 g/mol. The number of nitrogens with one attached hydrogen (secondary N) is 1. The first-order valence-corrected chi connectivity index (χ1v) is 7.54. The van der Waals surface area contributed by atoms with E-state index in [1.807, 2.05) is 31.6 Å². The molecular formula is C15H20BrN3O2. The zero-order chi connectivity index (χ0) is 15.4. The highest BCUT2D eigenvalue weighted by Gasteiger charge is 2.22. The SMILES string of the molecule is CCNC(c1cnn(C)c1)c1ccc(OC)c(Br)c1OC. The molecule has 1 aromatic carbocycles. The van der Waals surface area contributed by atoms with Crippen LogP contribution in [0.2, 0.25) is 0 Å². The van der Waals surface area contributed by atoms with Crippen LogP contribution in [0.5, 0.6) is 11.5 Å². The predicted molar refractivity (Wildman–Crippen MR) is 86.0 cm³/mol. The number of methoxy groups -OCH3 is 2. The van der Waals surface area contributed by atoms with Crippen molar-refractivity contribution in [2.75, 3.05) is 20.8 Å². The number of hydrogen-bond donors (Lipinski definition) is 1. The highest BCUT2D eigenvalue weighted by atomic mass is 79.9. The summed E-state index contributed by atoms with van der Waals surface area (Å²) in [7, 11) is 5.21. The van der Waals surface area contributed by atoms with E-state index in [0.29, 0.717) is 0 Å². The van der Waals surface area contributed by atoms with Crippen LogP contribution in [0.25, 0.3) is 0 Å². The van der Waals surface area contributed by atoms with E-state index in [1.54, 1.807) is 18.9 Å². The molecule has 1 heterocycles. The molecule has 0 fully saturated rings. The predicted octanol–water partition coefficient (Wildman–Crippen LogP) is 2.90. The van der Waals surface area contributed by atoms with Crippen LogP contribution in [-0.2, 0) is 7.05 Å². The Morgan fingerprint density at radius 1 is 1.33 bits per heavy atom. The lowest BCUT2D eigenvalue weighted by atomic mass is 10.00. The quantitative estimate of drug-likeness (QED) is 0.867. The van der Waals surface area contributed by atoms with E-state index in [2.05, 4.69) is 33.3 Å². The number of aromatic nitrogens is 2. The number of ether oxygens (including phenoxy) is 2. The molecule has 114 valence electrons. The van der Waals surface area contributed by atoms with Gasteiger partial charge in [-0.1, -0.05) is 6.92 Å². The lowest BCUT2D eigenvalue weighted by Crippen LogP contribution is -2.22. The van der Waals surface area contributed by atoms with Gasteiger partial charge in [-0.05, 0) is 34.6 Å². The molecule has 21 heavy (non-hydrogen) atoms. The van der Waals surface area contributed by atoms with Crippen molar-refractivity contribution in [2.24, 2.45) is 7.05 Å². The lowest BCUT2D eigenvalue weighted by molar-refractivity contribution is 0.383. The summed E-state index contributed by atoms with van der Waals surface area (Å²) in [4.78, 5) is 0. The molecule has 1 unspecified atom stereocenters. The lowest BCUT2D eigenvalue weighted by Gasteiger charge is -2.21. The Morgan fingerprint density at radius 2 is 2.10 bits per heavy atom. The molecule has 1 aromatic heterocycles. The van der Waals surface area contributed by atoms with E-state index in [-0.39, 0.29) is 6.04 Å². The molecular weight excluding hydrogens is 334 g/mol. The minimum atomic E-state index is 0.0147. The van der Waals surface area contributed by atoms with Gasteiger partial charge in [0.15, 0.2) is 0 Å². The van der Waals surface area contributed by atoms with Crippen LogP contribution >= 0.6 is 15.9 Å². The number of halogens is 1. The van der Waals surface area contributed by atoms with E-state index in [4.69, 9.17) is 9.47 Å². The van der Waals surface area contributed by atoms with Gasteiger partial charge >= 0.3 is 0 Å². The number of rotatable bonds is 6. The van der Waals surface area contributed by atoms with E-state index in [9.17, 15) is 0 Å². The number of aryl methyl sites for hydroxylation is 1. The van der Waals surface area contributed by atoms with Gasteiger partial charge < -0.3 is 14.8 Å². The molecule has 0 bridgehead atoms. The zero-order valence-electron chi connectivity index (χ0n) is 12.7. The first-order chi connectivity index (χ1) is 10.1. The summed E-state index contributed by atoms with van der Waals surface area (Å²) < 4.78 is 13.5. The molecule has 0 saturated carbocycles. The van der Waals surface area contributed by atoms with Crippen molar-refractivity contribution in [3.63, 3.8) is 0 Å². The normalized spacial score (nSPS) is 12.2. The van der Waals surface area contributed by atoms with Gasteiger partial charge in [0, 0.05) is 24.4 Å². The van der Waals surface area contributed by atoms with Crippen molar-refractivity contribution in [3.05, 3.63) is 40.1 Å². The van der Waals surface area contributed by atoms with Gasteiger partial charge in [0.1, 0.15) is 16.0 Å². The number of benzene rings is 1. The summed E-state index contributed by atoms with van der Waals surface area (Å²) in [5.74, 6) is 1.51. The van der Waals surface area contributed by atoms with Crippen LogP contribution in [0, 0.1) is 0 Å². The Hall–Kier alpha value is -1.53. The molecule has 0 saturated heterocycles. The van der Waals surface area contributed by atoms with Crippen LogP contribution in [0.4, 0.5) is 0 Å². The molecule has 5 nitrogen and oxygen atoms in total. The molecule has 0 aliphatic rings. The second-order valence-corrected chi connectivity index (χ2v) is 5.44. The van der Waals surface area contributed by atoms with Gasteiger partial charge in [0.05, 0.1) is 26.5 Å². The van der Waals surface area contributed by atoms with Crippen molar-refractivity contribution in [3.8, 4) is 11.5 Å². The van der Waals surface area contributed by atoms with Gasteiger partial charge in [-0.25, -0.2) is 0 Å². The summed E-state index contributed by atoms with van der Waals surface area (Å²) in [6, 6.07) is 3.96. The molecule has 2 rings (SSSR count).